The summed E-state index contributed by atoms with van der Waals surface area (Å²) in [6, 6.07) is 0.0826. The Morgan fingerprint density at radius 2 is 2.06 bits per heavy atom. The molecule has 0 radical (unpaired) electrons. The van der Waals surface area contributed by atoms with Crippen LogP contribution < -0.4 is 5.32 Å². The monoisotopic (exact) mass is 253 g/mol. The van der Waals surface area contributed by atoms with Gasteiger partial charge in [0.25, 0.3) is 0 Å². The lowest BCUT2D eigenvalue weighted by Gasteiger charge is -2.27. The van der Waals surface area contributed by atoms with Crippen molar-refractivity contribution in [1.29, 1.82) is 0 Å². The van der Waals surface area contributed by atoms with Crippen LogP contribution in [-0.2, 0) is 9.53 Å². The lowest BCUT2D eigenvalue weighted by atomic mass is 9.90. The zero-order valence-electron chi connectivity index (χ0n) is 11.7. The van der Waals surface area contributed by atoms with Gasteiger partial charge in [-0.15, -0.1) is 0 Å². The van der Waals surface area contributed by atoms with Crippen LogP contribution in [0.1, 0.15) is 53.4 Å². The van der Waals surface area contributed by atoms with Crippen molar-refractivity contribution < 1.29 is 14.3 Å². The predicted molar refractivity (Wildman–Crippen MR) is 70.4 cm³/mol. The van der Waals surface area contributed by atoms with E-state index in [-0.39, 0.29) is 17.9 Å². The average molecular weight is 253 g/mol. The number of rotatable bonds is 2. The number of amides is 1. The van der Waals surface area contributed by atoms with E-state index < -0.39 is 5.60 Å². The van der Waals surface area contributed by atoms with E-state index in [1.807, 2.05) is 20.8 Å². The van der Waals surface area contributed by atoms with E-state index in [9.17, 15) is 9.59 Å². The highest BCUT2D eigenvalue weighted by molar-refractivity contribution is 5.88. The van der Waals surface area contributed by atoms with Gasteiger partial charge in [-0.2, -0.15) is 0 Å². The standard InChI is InChI=1S/C14H23NO3/c1-10(16)8-11-6-5-7-12(9-11)15-13(17)18-14(2,3)4/h8,12H,5-7,9H2,1-4H3,(H,15,17). The molecule has 1 unspecified atom stereocenters. The number of alkyl carbamates (subject to hydrolysis) is 1. The summed E-state index contributed by atoms with van der Waals surface area (Å²) in [6.07, 6.45) is 4.94. The Labute approximate surface area is 109 Å². The highest BCUT2D eigenvalue weighted by Gasteiger charge is 2.22. The summed E-state index contributed by atoms with van der Waals surface area (Å²) < 4.78 is 5.22. The Morgan fingerprint density at radius 1 is 1.39 bits per heavy atom. The van der Waals surface area contributed by atoms with E-state index in [2.05, 4.69) is 5.32 Å². The summed E-state index contributed by atoms with van der Waals surface area (Å²) in [6.45, 7) is 7.08. The fourth-order valence-electron chi connectivity index (χ4n) is 2.11. The Hall–Kier alpha value is -1.32. The summed E-state index contributed by atoms with van der Waals surface area (Å²) in [5.41, 5.74) is 0.645. The average Bonchev–Trinajstić information content (AvgIpc) is 2.13. The molecule has 0 bridgehead atoms. The van der Waals surface area contributed by atoms with Crippen molar-refractivity contribution in [2.45, 2.75) is 65.0 Å². The summed E-state index contributed by atoms with van der Waals surface area (Å²) in [5, 5.41) is 2.87. The zero-order chi connectivity index (χ0) is 13.8. The van der Waals surface area contributed by atoms with Gasteiger partial charge in [0.05, 0.1) is 0 Å². The van der Waals surface area contributed by atoms with Crippen molar-refractivity contribution in [3.05, 3.63) is 11.6 Å². The van der Waals surface area contributed by atoms with Crippen molar-refractivity contribution >= 4 is 11.9 Å². The van der Waals surface area contributed by atoms with Gasteiger partial charge in [0.15, 0.2) is 5.78 Å². The molecule has 0 aliphatic heterocycles. The Morgan fingerprint density at radius 3 is 2.61 bits per heavy atom. The van der Waals surface area contributed by atoms with E-state index in [1.165, 1.54) is 0 Å². The van der Waals surface area contributed by atoms with Crippen molar-refractivity contribution in [2.24, 2.45) is 0 Å². The van der Waals surface area contributed by atoms with E-state index in [0.29, 0.717) is 0 Å². The number of nitrogens with one attached hydrogen (secondary N) is 1. The van der Waals surface area contributed by atoms with Gasteiger partial charge in [-0.05, 0) is 59.5 Å². The zero-order valence-corrected chi connectivity index (χ0v) is 11.7. The Kier molecular flexibility index (Phi) is 4.93. The van der Waals surface area contributed by atoms with E-state index >= 15 is 0 Å². The first-order valence-corrected chi connectivity index (χ1v) is 6.46. The molecule has 0 aromatic rings. The quantitative estimate of drug-likeness (QED) is 0.770. The van der Waals surface area contributed by atoms with Gasteiger partial charge in [-0.1, -0.05) is 5.57 Å². The van der Waals surface area contributed by atoms with Gasteiger partial charge in [0.1, 0.15) is 5.60 Å². The van der Waals surface area contributed by atoms with E-state index in [0.717, 1.165) is 31.3 Å². The third kappa shape index (κ3) is 5.84. The Bertz CT molecular complexity index is 353. The number of carbonyl (C=O) groups excluding carboxylic acids is 2. The fourth-order valence-corrected chi connectivity index (χ4v) is 2.11. The lowest BCUT2D eigenvalue weighted by molar-refractivity contribution is -0.112. The van der Waals surface area contributed by atoms with Crippen molar-refractivity contribution in [3.8, 4) is 0 Å². The van der Waals surface area contributed by atoms with Gasteiger partial charge >= 0.3 is 6.09 Å². The molecule has 1 saturated carbocycles. The van der Waals surface area contributed by atoms with Crippen LogP contribution in [0, 0.1) is 0 Å². The van der Waals surface area contributed by atoms with Gasteiger partial charge in [0.2, 0.25) is 0 Å². The first-order valence-electron chi connectivity index (χ1n) is 6.46. The van der Waals surface area contributed by atoms with Crippen LogP contribution in [0.2, 0.25) is 0 Å². The minimum Gasteiger partial charge on any atom is -0.444 e. The molecule has 1 aliphatic rings. The number of allylic oxidation sites excluding steroid dienone is 1. The summed E-state index contributed by atoms with van der Waals surface area (Å²) in [4.78, 5) is 22.7. The highest BCUT2D eigenvalue weighted by Crippen LogP contribution is 2.23. The summed E-state index contributed by atoms with van der Waals surface area (Å²) in [5.74, 6) is 0.0721. The van der Waals surface area contributed by atoms with Gasteiger partial charge < -0.3 is 10.1 Å². The number of hydrogen-bond acceptors (Lipinski definition) is 3. The highest BCUT2D eigenvalue weighted by atomic mass is 16.6. The molecule has 0 aromatic heterocycles. The van der Waals surface area contributed by atoms with E-state index in [1.54, 1.807) is 13.0 Å². The lowest BCUT2D eigenvalue weighted by Crippen LogP contribution is -2.40. The minimum atomic E-state index is -0.475. The van der Waals surface area contributed by atoms with Gasteiger partial charge in [0, 0.05) is 6.04 Å². The van der Waals surface area contributed by atoms with Crippen LogP contribution >= 0.6 is 0 Å². The molecule has 1 atom stereocenters. The molecule has 1 N–H and O–H groups in total. The molecule has 1 amide bonds. The van der Waals surface area contributed by atoms with Crippen LogP contribution in [0.5, 0.6) is 0 Å². The Balaban J connectivity index is 2.48. The molecule has 0 saturated heterocycles. The maximum absolute atomic E-state index is 11.6. The van der Waals surface area contributed by atoms with E-state index in [4.69, 9.17) is 4.74 Å². The number of ether oxygens (including phenoxy) is 1. The van der Waals surface area contributed by atoms with Gasteiger partial charge in [-0.3, -0.25) is 4.79 Å². The molecule has 1 fully saturated rings. The largest absolute Gasteiger partial charge is 0.444 e. The second-order valence-corrected chi connectivity index (χ2v) is 5.85. The van der Waals surface area contributed by atoms with Gasteiger partial charge in [-0.25, -0.2) is 4.79 Å². The molecule has 0 aromatic carbocycles. The number of hydrogen-bond donors (Lipinski definition) is 1. The SMILES string of the molecule is CC(=O)C=C1CCCC(NC(=O)OC(C)(C)C)C1. The van der Waals surface area contributed by atoms with Crippen LogP contribution in [0.4, 0.5) is 4.79 Å². The van der Waals surface area contributed by atoms with Crippen molar-refractivity contribution in [1.82, 2.24) is 5.32 Å². The first-order chi connectivity index (χ1) is 8.26. The number of carbonyl (C=O) groups is 2. The molecule has 4 heteroatoms. The number of ketones is 1. The topological polar surface area (TPSA) is 55.4 Å². The maximum Gasteiger partial charge on any atom is 0.407 e. The second-order valence-electron chi connectivity index (χ2n) is 5.85. The molecule has 18 heavy (non-hydrogen) atoms. The van der Waals surface area contributed by atoms with Crippen LogP contribution in [0.25, 0.3) is 0 Å². The summed E-state index contributed by atoms with van der Waals surface area (Å²) >= 11 is 0. The van der Waals surface area contributed by atoms with Crippen molar-refractivity contribution in [3.63, 3.8) is 0 Å². The smallest absolute Gasteiger partial charge is 0.407 e. The van der Waals surface area contributed by atoms with Crippen molar-refractivity contribution in [2.75, 3.05) is 0 Å². The molecule has 1 rings (SSSR count). The molecule has 0 spiro atoms. The van der Waals surface area contributed by atoms with Crippen LogP contribution in [0.3, 0.4) is 0 Å². The molecular weight excluding hydrogens is 230 g/mol. The molecule has 0 heterocycles. The second kappa shape index (κ2) is 6.03. The normalized spacial score (nSPS) is 22.7. The predicted octanol–water partition coefficient (Wildman–Crippen LogP) is 2.97. The fraction of sp³-hybridized carbons (Fsp3) is 0.714. The molecular formula is C14H23NO3. The maximum atomic E-state index is 11.6. The minimum absolute atomic E-state index is 0.0721. The molecule has 102 valence electrons. The van der Waals surface area contributed by atoms with Crippen LogP contribution in [0.15, 0.2) is 11.6 Å². The molecule has 1 aliphatic carbocycles. The summed E-state index contributed by atoms with van der Waals surface area (Å²) in [7, 11) is 0. The third-order valence-electron chi connectivity index (χ3n) is 2.69. The van der Waals surface area contributed by atoms with Crippen LogP contribution in [-0.4, -0.2) is 23.5 Å². The third-order valence-corrected chi connectivity index (χ3v) is 2.69. The first kappa shape index (κ1) is 14.7. The molecule has 4 nitrogen and oxygen atoms in total.